The molecule has 0 spiro atoms. The molecule has 1 atom stereocenters. The standard InChI is InChI=1S/C17H21NO4/c1-11(18-16(20)17(3,4)22-12(2)19)9-14-10-13-7-5-6-8-15(13)21-14/h5-8,10-11H,9H2,1-4H3,(H,18,20)/t11-/m1/s1. The van der Waals surface area contributed by atoms with E-state index in [0.29, 0.717) is 6.42 Å². The highest BCUT2D eigenvalue weighted by atomic mass is 16.6. The molecule has 0 aliphatic carbocycles. The van der Waals surface area contributed by atoms with Gasteiger partial charge in [0.25, 0.3) is 5.91 Å². The van der Waals surface area contributed by atoms with Crippen LogP contribution < -0.4 is 5.32 Å². The minimum Gasteiger partial charge on any atom is -0.461 e. The number of ether oxygens (including phenoxy) is 1. The van der Waals surface area contributed by atoms with Crippen LogP contribution in [-0.4, -0.2) is 23.5 Å². The average Bonchev–Trinajstić information content (AvgIpc) is 2.78. The number of fused-ring (bicyclic) bond motifs is 1. The maximum Gasteiger partial charge on any atom is 0.303 e. The van der Waals surface area contributed by atoms with E-state index in [-0.39, 0.29) is 11.9 Å². The van der Waals surface area contributed by atoms with E-state index in [1.165, 1.54) is 6.92 Å². The fourth-order valence-electron chi connectivity index (χ4n) is 2.29. The fourth-order valence-corrected chi connectivity index (χ4v) is 2.29. The summed E-state index contributed by atoms with van der Waals surface area (Å²) in [5.74, 6) is -0.00399. The van der Waals surface area contributed by atoms with Crippen molar-refractivity contribution in [3.05, 3.63) is 36.1 Å². The maximum atomic E-state index is 12.2. The van der Waals surface area contributed by atoms with Crippen LogP contribution in [0.1, 0.15) is 33.5 Å². The highest BCUT2D eigenvalue weighted by molar-refractivity contribution is 5.87. The van der Waals surface area contributed by atoms with Gasteiger partial charge in [0.05, 0.1) is 0 Å². The van der Waals surface area contributed by atoms with Crippen LogP contribution in [0.25, 0.3) is 11.0 Å². The van der Waals surface area contributed by atoms with Gasteiger partial charge in [0.1, 0.15) is 11.3 Å². The van der Waals surface area contributed by atoms with Crippen molar-refractivity contribution in [3.8, 4) is 0 Å². The molecule has 5 nitrogen and oxygen atoms in total. The van der Waals surface area contributed by atoms with Gasteiger partial charge in [-0.3, -0.25) is 9.59 Å². The molecule has 0 aliphatic heterocycles. The SMILES string of the molecule is CC(=O)OC(C)(C)C(=O)N[C@H](C)Cc1cc2ccccc2o1. The normalized spacial score (nSPS) is 12.9. The van der Waals surface area contributed by atoms with Crippen LogP contribution in [0.15, 0.2) is 34.7 Å². The van der Waals surface area contributed by atoms with Gasteiger partial charge in [0.15, 0.2) is 5.60 Å². The minimum atomic E-state index is -1.19. The summed E-state index contributed by atoms with van der Waals surface area (Å²) in [7, 11) is 0. The maximum absolute atomic E-state index is 12.2. The molecule has 2 rings (SSSR count). The lowest BCUT2D eigenvalue weighted by Crippen LogP contribution is -2.48. The number of furan rings is 1. The highest BCUT2D eigenvalue weighted by Crippen LogP contribution is 2.20. The lowest BCUT2D eigenvalue weighted by Gasteiger charge is -2.25. The van der Waals surface area contributed by atoms with Crippen LogP contribution >= 0.6 is 0 Å². The molecular formula is C17H21NO4. The van der Waals surface area contributed by atoms with E-state index in [9.17, 15) is 9.59 Å². The summed E-state index contributed by atoms with van der Waals surface area (Å²) in [5.41, 5.74) is -0.357. The van der Waals surface area contributed by atoms with E-state index < -0.39 is 11.6 Å². The molecular weight excluding hydrogens is 282 g/mol. The number of nitrogens with one attached hydrogen (secondary N) is 1. The molecule has 1 heterocycles. The van der Waals surface area contributed by atoms with Crippen molar-refractivity contribution in [2.75, 3.05) is 0 Å². The first-order valence-electron chi connectivity index (χ1n) is 7.26. The smallest absolute Gasteiger partial charge is 0.303 e. The summed E-state index contributed by atoms with van der Waals surface area (Å²) in [6.07, 6.45) is 0.566. The van der Waals surface area contributed by atoms with Crippen LogP contribution in [0.3, 0.4) is 0 Å². The fraction of sp³-hybridized carbons (Fsp3) is 0.412. The zero-order valence-corrected chi connectivity index (χ0v) is 13.3. The van der Waals surface area contributed by atoms with Crippen molar-refractivity contribution in [2.24, 2.45) is 0 Å². The Hall–Kier alpha value is -2.30. The first-order valence-corrected chi connectivity index (χ1v) is 7.26. The van der Waals surface area contributed by atoms with E-state index in [4.69, 9.17) is 9.15 Å². The number of carbonyl (C=O) groups is 2. The lowest BCUT2D eigenvalue weighted by atomic mass is 10.1. The van der Waals surface area contributed by atoms with E-state index in [1.54, 1.807) is 13.8 Å². The number of benzene rings is 1. The Morgan fingerprint density at radius 3 is 2.64 bits per heavy atom. The minimum absolute atomic E-state index is 0.136. The van der Waals surface area contributed by atoms with Crippen molar-refractivity contribution in [1.82, 2.24) is 5.32 Å². The van der Waals surface area contributed by atoms with Gasteiger partial charge >= 0.3 is 5.97 Å². The predicted octanol–water partition coefficient (Wildman–Crippen LogP) is 2.82. The summed E-state index contributed by atoms with van der Waals surface area (Å²) in [6.45, 7) is 6.30. The lowest BCUT2D eigenvalue weighted by molar-refractivity contribution is -0.163. The quantitative estimate of drug-likeness (QED) is 0.862. The second-order valence-corrected chi connectivity index (χ2v) is 5.93. The van der Waals surface area contributed by atoms with Gasteiger partial charge in [-0.1, -0.05) is 18.2 Å². The largest absolute Gasteiger partial charge is 0.461 e. The van der Waals surface area contributed by atoms with Crippen molar-refractivity contribution in [1.29, 1.82) is 0 Å². The first-order chi connectivity index (χ1) is 10.3. The van der Waals surface area contributed by atoms with E-state index in [0.717, 1.165) is 16.7 Å². The molecule has 118 valence electrons. The molecule has 1 N–H and O–H groups in total. The van der Waals surface area contributed by atoms with Gasteiger partial charge in [0.2, 0.25) is 0 Å². The van der Waals surface area contributed by atoms with Gasteiger partial charge in [0, 0.05) is 24.8 Å². The summed E-state index contributed by atoms with van der Waals surface area (Å²) in [5, 5.41) is 3.88. The molecule has 0 aliphatic rings. The number of amides is 1. The molecule has 2 aromatic rings. The highest BCUT2D eigenvalue weighted by Gasteiger charge is 2.31. The van der Waals surface area contributed by atoms with Crippen LogP contribution in [-0.2, 0) is 20.7 Å². The Bertz CT molecular complexity index is 654. The van der Waals surface area contributed by atoms with Gasteiger partial charge in [-0.25, -0.2) is 0 Å². The Balaban J connectivity index is 1.98. The number of para-hydroxylation sites is 1. The zero-order valence-electron chi connectivity index (χ0n) is 13.3. The number of rotatable bonds is 5. The third-order valence-corrected chi connectivity index (χ3v) is 3.31. The summed E-state index contributed by atoms with van der Waals surface area (Å²) in [4.78, 5) is 23.2. The number of esters is 1. The monoisotopic (exact) mass is 303 g/mol. The Morgan fingerprint density at radius 2 is 2.00 bits per heavy atom. The second kappa shape index (κ2) is 6.22. The van der Waals surface area contributed by atoms with Crippen molar-refractivity contribution >= 4 is 22.8 Å². The molecule has 22 heavy (non-hydrogen) atoms. The van der Waals surface area contributed by atoms with Crippen molar-refractivity contribution in [3.63, 3.8) is 0 Å². The van der Waals surface area contributed by atoms with E-state index in [1.807, 2.05) is 37.3 Å². The zero-order chi connectivity index (χ0) is 16.3. The molecule has 1 aromatic heterocycles. The topological polar surface area (TPSA) is 68.5 Å². The van der Waals surface area contributed by atoms with Crippen LogP contribution in [0.5, 0.6) is 0 Å². The molecule has 1 amide bonds. The van der Waals surface area contributed by atoms with Crippen LogP contribution in [0, 0.1) is 0 Å². The molecule has 0 saturated heterocycles. The third kappa shape index (κ3) is 3.87. The van der Waals surface area contributed by atoms with E-state index >= 15 is 0 Å². The van der Waals surface area contributed by atoms with Gasteiger partial charge < -0.3 is 14.5 Å². The summed E-state index contributed by atoms with van der Waals surface area (Å²) < 4.78 is 10.8. The number of hydrogen-bond donors (Lipinski definition) is 1. The molecule has 0 radical (unpaired) electrons. The Labute approximate surface area is 129 Å². The second-order valence-electron chi connectivity index (χ2n) is 5.93. The molecule has 1 aromatic carbocycles. The first kappa shape index (κ1) is 16.1. The van der Waals surface area contributed by atoms with Gasteiger partial charge in [-0.15, -0.1) is 0 Å². The summed E-state index contributed by atoms with van der Waals surface area (Å²) >= 11 is 0. The Kier molecular flexibility index (Phi) is 4.54. The van der Waals surface area contributed by atoms with E-state index in [2.05, 4.69) is 5.32 Å². The number of carbonyl (C=O) groups excluding carboxylic acids is 2. The van der Waals surface area contributed by atoms with Crippen LogP contribution in [0.2, 0.25) is 0 Å². The number of hydrogen-bond acceptors (Lipinski definition) is 4. The molecule has 0 fully saturated rings. The summed E-state index contributed by atoms with van der Waals surface area (Å²) in [6, 6.07) is 9.59. The molecule has 0 unspecified atom stereocenters. The molecule has 0 bridgehead atoms. The Morgan fingerprint density at radius 1 is 1.32 bits per heavy atom. The average molecular weight is 303 g/mol. The predicted molar refractivity (Wildman–Crippen MR) is 83.4 cm³/mol. The molecule has 5 heteroatoms. The van der Waals surface area contributed by atoms with Crippen molar-refractivity contribution < 1.29 is 18.7 Å². The van der Waals surface area contributed by atoms with Crippen LogP contribution in [0.4, 0.5) is 0 Å². The van der Waals surface area contributed by atoms with Gasteiger partial charge in [-0.05, 0) is 32.9 Å². The molecule has 0 saturated carbocycles. The van der Waals surface area contributed by atoms with Gasteiger partial charge in [-0.2, -0.15) is 0 Å². The third-order valence-electron chi connectivity index (χ3n) is 3.31. The van der Waals surface area contributed by atoms with Crippen molar-refractivity contribution in [2.45, 2.75) is 45.8 Å².